The molecule has 1 rings (SSSR count). The number of rotatable bonds is 11. The van der Waals surface area contributed by atoms with Gasteiger partial charge in [-0.3, -0.25) is 4.79 Å². The molecule has 0 saturated heterocycles. The number of carbonyl (C=O) groups excluding carboxylic acids is 1. The fourth-order valence-corrected chi connectivity index (χ4v) is 7.95. The summed E-state index contributed by atoms with van der Waals surface area (Å²) in [6, 6.07) is 0.313. The zero-order chi connectivity index (χ0) is 19.2. The van der Waals surface area contributed by atoms with Crippen molar-refractivity contribution in [3.8, 4) is 0 Å². The smallest absolute Gasteiger partial charge is 0.207 e. The highest BCUT2D eigenvalue weighted by molar-refractivity contribution is 8.69. The molecule has 0 aromatic heterocycles. The minimum Gasteiger partial charge on any atom is -0.303 e. The molecule has 0 aliphatic heterocycles. The largest absolute Gasteiger partial charge is 0.303 e. The molecule has 148 valence electrons. The Morgan fingerprint density at radius 2 is 1.92 bits per heavy atom. The summed E-state index contributed by atoms with van der Waals surface area (Å²) in [5, 5.41) is 4.14. The molecule has 6 heteroatoms. The molecule has 1 aliphatic carbocycles. The van der Waals surface area contributed by atoms with Crippen molar-refractivity contribution in [3.63, 3.8) is 0 Å². The SMILES string of the molecule is CCC(C)C(SS)C(C)(SC(=O)[C@H](CS)NC1CCC1C)C(C)CC. The van der Waals surface area contributed by atoms with Gasteiger partial charge in [0.05, 0.1) is 6.04 Å². The second-order valence-corrected chi connectivity index (χ2v) is 11.1. The minimum atomic E-state index is -0.160. The minimum absolute atomic E-state index is 0.123. The summed E-state index contributed by atoms with van der Waals surface area (Å²) in [6.45, 7) is 13.5. The lowest BCUT2D eigenvalue weighted by Gasteiger charge is -2.44. The molecule has 1 aliphatic rings. The molecule has 0 bridgehead atoms. The van der Waals surface area contributed by atoms with E-state index in [4.69, 9.17) is 0 Å². The number of hydrogen-bond donors (Lipinski definition) is 3. The summed E-state index contributed by atoms with van der Waals surface area (Å²) >= 11 is 10.6. The van der Waals surface area contributed by atoms with Crippen molar-refractivity contribution in [3.05, 3.63) is 0 Å². The van der Waals surface area contributed by atoms with Crippen molar-refractivity contribution in [1.29, 1.82) is 0 Å². The van der Waals surface area contributed by atoms with Crippen molar-refractivity contribution in [2.75, 3.05) is 5.75 Å². The van der Waals surface area contributed by atoms with Crippen LogP contribution < -0.4 is 5.32 Å². The molecule has 0 spiro atoms. The van der Waals surface area contributed by atoms with Crippen molar-refractivity contribution < 1.29 is 4.79 Å². The zero-order valence-corrected chi connectivity index (χ0v) is 20.0. The van der Waals surface area contributed by atoms with E-state index in [-0.39, 0.29) is 15.9 Å². The topological polar surface area (TPSA) is 29.1 Å². The third-order valence-electron chi connectivity index (χ3n) is 6.25. The van der Waals surface area contributed by atoms with Crippen molar-refractivity contribution >= 4 is 52.0 Å². The second kappa shape index (κ2) is 11.1. The monoisotopic (exact) mass is 423 g/mol. The van der Waals surface area contributed by atoms with Crippen LogP contribution in [0, 0.1) is 17.8 Å². The normalized spacial score (nSPS) is 27.7. The van der Waals surface area contributed by atoms with Crippen molar-refractivity contribution in [2.24, 2.45) is 17.8 Å². The van der Waals surface area contributed by atoms with E-state index in [1.807, 2.05) is 0 Å². The number of thiol groups is 2. The van der Waals surface area contributed by atoms with Crippen LogP contribution in [0.15, 0.2) is 0 Å². The highest BCUT2D eigenvalue weighted by Gasteiger charge is 2.44. The van der Waals surface area contributed by atoms with Crippen LogP contribution in [0.2, 0.25) is 0 Å². The van der Waals surface area contributed by atoms with Crippen LogP contribution in [0.25, 0.3) is 0 Å². The summed E-state index contributed by atoms with van der Waals surface area (Å²) in [6.07, 6.45) is 4.60. The lowest BCUT2D eigenvalue weighted by atomic mass is 9.81. The van der Waals surface area contributed by atoms with Gasteiger partial charge in [0.2, 0.25) is 5.12 Å². The molecular formula is C19H37NOS4. The quantitative estimate of drug-likeness (QED) is 0.292. The van der Waals surface area contributed by atoms with Gasteiger partial charge in [0.1, 0.15) is 0 Å². The Morgan fingerprint density at radius 3 is 2.28 bits per heavy atom. The van der Waals surface area contributed by atoms with Crippen molar-refractivity contribution in [2.45, 2.75) is 89.3 Å². The molecule has 0 aromatic carbocycles. The summed E-state index contributed by atoms with van der Waals surface area (Å²) in [5.74, 6) is 2.20. The van der Waals surface area contributed by atoms with Gasteiger partial charge in [-0.2, -0.15) is 12.6 Å². The van der Waals surface area contributed by atoms with Gasteiger partial charge in [-0.1, -0.05) is 70.0 Å². The number of thioether (sulfide) groups is 1. The van der Waals surface area contributed by atoms with Crippen LogP contribution in [-0.2, 0) is 4.79 Å². The third-order valence-corrected chi connectivity index (χ3v) is 10.2. The number of hydrogen-bond acceptors (Lipinski definition) is 6. The Balaban J connectivity index is 2.92. The van der Waals surface area contributed by atoms with Gasteiger partial charge in [-0.25, -0.2) is 0 Å². The Kier molecular flexibility index (Phi) is 10.7. The molecule has 7 atom stereocenters. The first-order chi connectivity index (χ1) is 11.7. The van der Waals surface area contributed by atoms with E-state index in [0.717, 1.165) is 12.8 Å². The van der Waals surface area contributed by atoms with E-state index in [1.165, 1.54) is 12.8 Å². The molecule has 0 radical (unpaired) electrons. The van der Waals surface area contributed by atoms with E-state index in [1.54, 1.807) is 22.6 Å². The van der Waals surface area contributed by atoms with E-state index in [9.17, 15) is 4.79 Å². The predicted molar refractivity (Wildman–Crippen MR) is 123 cm³/mol. The number of nitrogens with one attached hydrogen (secondary N) is 1. The molecule has 25 heavy (non-hydrogen) atoms. The van der Waals surface area contributed by atoms with Gasteiger partial charge in [0.25, 0.3) is 0 Å². The van der Waals surface area contributed by atoms with E-state index < -0.39 is 0 Å². The van der Waals surface area contributed by atoms with Crippen LogP contribution in [0.5, 0.6) is 0 Å². The van der Waals surface area contributed by atoms with E-state index in [2.05, 4.69) is 71.1 Å². The molecular weight excluding hydrogens is 386 g/mol. The van der Waals surface area contributed by atoms with Crippen LogP contribution >= 0.6 is 46.8 Å². The van der Waals surface area contributed by atoms with Crippen LogP contribution in [0.3, 0.4) is 0 Å². The Bertz CT molecular complexity index is 422. The Morgan fingerprint density at radius 1 is 1.28 bits per heavy atom. The lowest BCUT2D eigenvalue weighted by molar-refractivity contribution is -0.112. The first kappa shape index (κ1) is 24.1. The maximum Gasteiger partial charge on any atom is 0.207 e. The average Bonchev–Trinajstić information content (AvgIpc) is 2.60. The third kappa shape index (κ3) is 6.00. The fourth-order valence-electron chi connectivity index (χ4n) is 3.49. The van der Waals surface area contributed by atoms with Gasteiger partial charge < -0.3 is 5.32 Å². The molecule has 1 fully saturated rings. The Hall–Kier alpha value is 1.03. The van der Waals surface area contributed by atoms with Crippen LogP contribution in [0.1, 0.15) is 67.2 Å². The van der Waals surface area contributed by atoms with Gasteiger partial charge in [-0.15, -0.1) is 11.7 Å². The molecule has 0 heterocycles. The lowest BCUT2D eigenvalue weighted by Crippen LogP contribution is -2.52. The maximum absolute atomic E-state index is 13.1. The van der Waals surface area contributed by atoms with E-state index in [0.29, 0.717) is 34.8 Å². The second-order valence-electron chi connectivity index (χ2n) is 7.89. The van der Waals surface area contributed by atoms with Crippen LogP contribution in [-0.4, -0.2) is 32.9 Å². The molecule has 2 nitrogen and oxygen atoms in total. The Labute approximate surface area is 174 Å². The molecule has 1 N–H and O–H groups in total. The van der Waals surface area contributed by atoms with Gasteiger partial charge in [0.15, 0.2) is 0 Å². The van der Waals surface area contributed by atoms with Gasteiger partial charge in [-0.05, 0) is 37.5 Å². The number of carbonyl (C=O) groups is 1. The fraction of sp³-hybridized carbons (Fsp3) is 0.947. The maximum atomic E-state index is 13.1. The molecule has 0 amide bonds. The zero-order valence-electron chi connectivity index (χ0n) is 16.6. The molecule has 6 unspecified atom stereocenters. The summed E-state index contributed by atoms with van der Waals surface area (Å²) < 4.78 is -0.123. The van der Waals surface area contributed by atoms with Gasteiger partial charge in [0, 0.05) is 21.8 Å². The van der Waals surface area contributed by atoms with Gasteiger partial charge >= 0.3 is 0 Å². The molecule has 1 saturated carbocycles. The highest BCUT2D eigenvalue weighted by atomic mass is 33.1. The summed E-state index contributed by atoms with van der Waals surface area (Å²) in [5.41, 5.74) is 0. The summed E-state index contributed by atoms with van der Waals surface area (Å²) in [7, 11) is 1.63. The molecule has 0 aromatic rings. The highest BCUT2D eigenvalue weighted by Crippen LogP contribution is 2.48. The van der Waals surface area contributed by atoms with Crippen LogP contribution in [0.4, 0.5) is 0 Å². The van der Waals surface area contributed by atoms with Crippen molar-refractivity contribution in [1.82, 2.24) is 5.32 Å². The van der Waals surface area contributed by atoms with E-state index >= 15 is 0 Å². The summed E-state index contributed by atoms with van der Waals surface area (Å²) in [4.78, 5) is 13.1. The predicted octanol–water partition coefficient (Wildman–Crippen LogP) is 5.73. The first-order valence-electron chi connectivity index (χ1n) is 9.64. The average molecular weight is 424 g/mol. The first-order valence-corrected chi connectivity index (χ1v) is 13.0. The standard InChI is InChI=1S/C19H37NOS4/c1-7-12(3)17(25-23)19(6,14(5)8-2)24-18(21)16(11-22)20-15-10-9-13(15)4/h12-17,20,22-23H,7-11H2,1-6H3/t12?,13?,14?,15?,16-,17?,19?/m0/s1.